The zero-order valence-electron chi connectivity index (χ0n) is 13.1. The van der Waals surface area contributed by atoms with Crippen molar-refractivity contribution in [2.75, 3.05) is 12.1 Å². The second-order valence-electron chi connectivity index (χ2n) is 5.36. The summed E-state index contributed by atoms with van der Waals surface area (Å²) in [4.78, 5) is 20.3. The van der Waals surface area contributed by atoms with E-state index in [0.717, 1.165) is 5.56 Å². The molecule has 0 aliphatic carbocycles. The van der Waals surface area contributed by atoms with Crippen LogP contribution in [0.5, 0.6) is 11.5 Å². The average Bonchev–Trinajstić information content (AvgIpc) is 3.30. The lowest BCUT2D eigenvalue weighted by atomic mass is 10.2. The summed E-state index contributed by atoms with van der Waals surface area (Å²) in [6, 6.07) is 8.84. The molecule has 1 aliphatic heterocycles. The van der Waals surface area contributed by atoms with Crippen LogP contribution in [-0.4, -0.2) is 27.8 Å². The van der Waals surface area contributed by atoms with Crippen molar-refractivity contribution in [1.29, 1.82) is 0 Å². The van der Waals surface area contributed by atoms with E-state index in [0.29, 0.717) is 35.3 Å². The SMILES string of the molecule is O=C(CCc1nc(-c2ccncc2)no1)Nc1ccc2c(c1)OCO2. The molecule has 0 saturated carbocycles. The smallest absolute Gasteiger partial charge is 0.231 e. The van der Waals surface area contributed by atoms with Gasteiger partial charge >= 0.3 is 0 Å². The highest BCUT2D eigenvalue weighted by Crippen LogP contribution is 2.34. The molecule has 0 saturated heterocycles. The Kier molecular flexibility index (Phi) is 3.99. The number of hydrogen-bond donors (Lipinski definition) is 1. The number of ether oxygens (including phenoxy) is 2. The number of nitrogens with zero attached hydrogens (tertiary/aromatic N) is 3. The summed E-state index contributed by atoms with van der Waals surface area (Å²) < 4.78 is 15.7. The van der Waals surface area contributed by atoms with Gasteiger partial charge in [0.15, 0.2) is 11.5 Å². The van der Waals surface area contributed by atoms with E-state index in [4.69, 9.17) is 14.0 Å². The van der Waals surface area contributed by atoms with Crippen molar-refractivity contribution in [1.82, 2.24) is 15.1 Å². The van der Waals surface area contributed by atoms with Crippen LogP contribution >= 0.6 is 0 Å². The topological polar surface area (TPSA) is 99.4 Å². The molecular formula is C17H14N4O4. The van der Waals surface area contributed by atoms with Crippen LogP contribution in [0.2, 0.25) is 0 Å². The Hall–Kier alpha value is -3.42. The summed E-state index contributed by atoms with van der Waals surface area (Å²) in [5, 5.41) is 6.72. The minimum atomic E-state index is -0.150. The van der Waals surface area contributed by atoms with Crippen LogP contribution in [-0.2, 0) is 11.2 Å². The molecule has 0 unspecified atom stereocenters. The van der Waals surface area contributed by atoms with Gasteiger partial charge in [-0.3, -0.25) is 9.78 Å². The first-order valence-corrected chi connectivity index (χ1v) is 7.70. The van der Waals surface area contributed by atoms with Gasteiger partial charge in [0, 0.05) is 42.6 Å². The first-order chi connectivity index (χ1) is 12.3. The highest BCUT2D eigenvalue weighted by Gasteiger charge is 2.15. The van der Waals surface area contributed by atoms with E-state index in [2.05, 4.69) is 20.4 Å². The molecule has 1 amide bonds. The molecule has 8 nitrogen and oxygen atoms in total. The summed E-state index contributed by atoms with van der Waals surface area (Å²) in [6.45, 7) is 0.198. The molecule has 4 rings (SSSR count). The normalized spacial score (nSPS) is 12.2. The second-order valence-corrected chi connectivity index (χ2v) is 5.36. The van der Waals surface area contributed by atoms with Gasteiger partial charge in [0.05, 0.1) is 0 Å². The minimum Gasteiger partial charge on any atom is -0.454 e. The van der Waals surface area contributed by atoms with Crippen molar-refractivity contribution in [2.24, 2.45) is 0 Å². The molecule has 1 aromatic carbocycles. The molecule has 3 aromatic rings. The molecule has 0 bridgehead atoms. The Balaban J connectivity index is 1.34. The van der Waals surface area contributed by atoms with E-state index >= 15 is 0 Å². The van der Waals surface area contributed by atoms with Gasteiger partial charge in [-0.05, 0) is 24.3 Å². The second kappa shape index (κ2) is 6.60. The Labute approximate surface area is 142 Å². The molecule has 1 aliphatic rings. The fraction of sp³-hybridized carbons (Fsp3) is 0.176. The first-order valence-electron chi connectivity index (χ1n) is 7.70. The maximum Gasteiger partial charge on any atom is 0.231 e. The van der Waals surface area contributed by atoms with Crippen LogP contribution in [0.1, 0.15) is 12.3 Å². The third-order valence-electron chi connectivity index (χ3n) is 3.63. The van der Waals surface area contributed by atoms with Gasteiger partial charge in [-0.2, -0.15) is 4.98 Å². The highest BCUT2D eigenvalue weighted by atomic mass is 16.7. The largest absolute Gasteiger partial charge is 0.454 e. The third kappa shape index (κ3) is 3.42. The number of anilines is 1. The first kappa shape index (κ1) is 15.1. The number of pyridine rings is 1. The van der Waals surface area contributed by atoms with Crippen LogP contribution in [0.15, 0.2) is 47.2 Å². The number of rotatable bonds is 5. The molecular weight excluding hydrogens is 324 g/mol. The predicted octanol–water partition coefficient (Wildman–Crippen LogP) is 2.43. The number of carbonyl (C=O) groups excluding carboxylic acids is 1. The van der Waals surface area contributed by atoms with Gasteiger partial charge < -0.3 is 19.3 Å². The lowest BCUT2D eigenvalue weighted by molar-refractivity contribution is -0.116. The third-order valence-corrected chi connectivity index (χ3v) is 3.63. The van der Waals surface area contributed by atoms with E-state index < -0.39 is 0 Å². The fourth-order valence-electron chi connectivity index (χ4n) is 2.39. The molecule has 2 aromatic heterocycles. The summed E-state index contributed by atoms with van der Waals surface area (Å²) in [7, 11) is 0. The van der Waals surface area contributed by atoms with E-state index in [1.165, 1.54) is 0 Å². The number of benzene rings is 1. The van der Waals surface area contributed by atoms with Gasteiger partial charge in [-0.15, -0.1) is 0 Å². The van der Waals surface area contributed by atoms with Crippen molar-refractivity contribution < 1.29 is 18.8 Å². The van der Waals surface area contributed by atoms with Crippen LogP contribution in [0, 0.1) is 0 Å². The van der Waals surface area contributed by atoms with Crippen molar-refractivity contribution in [3.05, 3.63) is 48.6 Å². The van der Waals surface area contributed by atoms with Crippen LogP contribution < -0.4 is 14.8 Å². The molecule has 0 atom stereocenters. The number of aryl methyl sites for hydroxylation is 1. The Morgan fingerprint density at radius 1 is 1.12 bits per heavy atom. The van der Waals surface area contributed by atoms with E-state index in [-0.39, 0.29) is 19.1 Å². The molecule has 0 spiro atoms. The summed E-state index contributed by atoms with van der Waals surface area (Å²) >= 11 is 0. The minimum absolute atomic E-state index is 0.150. The van der Waals surface area contributed by atoms with Gasteiger partial charge in [0.2, 0.25) is 24.4 Å². The quantitative estimate of drug-likeness (QED) is 0.762. The number of amides is 1. The van der Waals surface area contributed by atoms with Gasteiger partial charge in [-0.1, -0.05) is 5.16 Å². The van der Waals surface area contributed by atoms with E-state index in [9.17, 15) is 4.79 Å². The number of aromatic nitrogens is 3. The molecule has 0 fully saturated rings. The van der Waals surface area contributed by atoms with E-state index in [1.54, 1.807) is 42.7 Å². The van der Waals surface area contributed by atoms with Gasteiger partial charge in [0.1, 0.15) is 0 Å². The molecule has 0 radical (unpaired) electrons. The van der Waals surface area contributed by atoms with Crippen LogP contribution in [0.3, 0.4) is 0 Å². The number of carbonyl (C=O) groups is 1. The summed E-state index contributed by atoms with van der Waals surface area (Å²) in [5.41, 5.74) is 1.46. The molecule has 3 heterocycles. The average molecular weight is 338 g/mol. The lowest BCUT2D eigenvalue weighted by Gasteiger charge is -2.05. The Morgan fingerprint density at radius 2 is 1.96 bits per heavy atom. The molecule has 25 heavy (non-hydrogen) atoms. The number of fused-ring (bicyclic) bond motifs is 1. The lowest BCUT2D eigenvalue weighted by Crippen LogP contribution is -2.12. The van der Waals surface area contributed by atoms with Gasteiger partial charge in [0.25, 0.3) is 0 Å². The predicted molar refractivity (Wildman–Crippen MR) is 87.0 cm³/mol. The van der Waals surface area contributed by atoms with Crippen LogP contribution in [0.4, 0.5) is 5.69 Å². The van der Waals surface area contributed by atoms with Crippen molar-refractivity contribution in [3.63, 3.8) is 0 Å². The monoisotopic (exact) mass is 338 g/mol. The van der Waals surface area contributed by atoms with Gasteiger partial charge in [-0.25, -0.2) is 0 Å². The maximum atomic E-state index is 12.1. The summed E-state index contributed by atoms with van der Waals surface area (Å²) in [6.07, 6.45) is 3.90. The summed E-state index contributed by atoms with van der Waals surface area (Å²) in [5.74, 6) is 2.04. The zero-order chi connectivity index (χ0) is 17.1. The highest BCUT2D eigenvalue weighted by molar-refractivity contribution is 5.91. The van der Waals surface area contributed by atoms with Crippen molar-refractivity contribution in [2.45, 2.75) is 12.8 Å². The maximum absolute atomic E-state index is 12.1. The fourth-order valence-corrected chi connectivity index (χ4v) is 2.39. The van der Waals surface area contributed by atoms with Crippen molar-refractivity contribution >= 4 is 11.6 Å². The molecule has 1 N–H and O–H groups in total. The Bertz CT molecular complexity index is 895. The van der Waals surface area contributed by atoms with Crippen LogP contribution in [0.25, 0.3) is 11.4 Å². The Morgan fingerprint density at radius 3 is 2.84 bits per heavy atom. The molecule has 126 valence electrons. The van der Waals surface area contributed by atoms with E-state index in [1.807, 2.05) is 0 Å². The van der Waals surface area contributed by atoms with Crippen molar-refractivity contribution in [3.8, 4) is 22.9 Å². The number of nitrogens with one attached hydrogen (secondary N) is 1. The molecule has 8 heteroatoms. The number of hydrogen-bond acceptors (Lipinski definition) is 7. The zero-order valence-corrected chi connectivity index (χ0v) is 13.1. The standard InChI is InChI=1S/C17H14N4O4/c22-15(19-12-1-2-13-14(9-12)24-10-23-13)3-4-16-20-17(21-25-16)11-5-7-18-8-6-11/h1-2,5-9H,3-4,10H2,(H,19,22).